The molecule has 3 rings (SSSR count). The molecule has 0 bridgehead atoms. The number of halogens is 4. The maximum atomic E-state index is 14.0. The van der Waals surface area contributed by atoms with Crippen LogP contribution in [0.2, 0.25) is 0 Å². The zero-order valence-electron chi connectivity index (χ0n) is 18.1. The average molecular weight is 489 g/mol. The molecule has 7 nitrogen and oxygen atoms in total. The quantitative estimate of drug-likeness (QED) is 0.641. The molecule has 1 N–H and O–H groups in total. The molecule has 1 aliphatic heterocycles. The van der Waals surface area contributed by atoms with E-state index in [1.807, 2.05) is 18.7 Å². The molecule has 1 aromatic heterocycles. The van der Waals surface area contributed by atoms with Crippen LogP contribution < -0.4 is 9.80 Å². The van der Waals surface area contributed by atoms with Gasteiger partial charge in [-0.25, -0.2) is 22.6 Å². The van der Waals surface area contributed by atoms with Crippen LogP contribution in [0.5, 0.6) is 0 Å². The van der Waals surface area contributed by atoms with Crippen molar-refractivity contribution < 1.29 is 35.9 Å². The Hall–Kier alpha value is -2.89. The number of anilines is 2. The molecule has 1 atom stereocenters. The Balaban J connectivity index is 1.96. The summed E-state index contributed by atoms with van der Waals surface area (Å²) >= 11 is 0. The van der Waals surface area contributed by atoms with Crippen LogP contribution >= 0.6 is 0 Å². The lowest BCUT2D eigenvalue weighted by Crippen LogP contribution is -2.56. The highest BCUT2D eigenvalue weighted by atomic mass is 32.2. The average Bonchev–Trinajstić information content (AvgIpc) is 2.71. The number of pyridine rings is 1. The number of carbonyl (C=O) groups is 1. The third-order valence-electron chi connectivity index (χ3n) is 5.54. The summed E-state index contributed by atoms with van der Waals surface area (Å²) in [5.74, 6) is -2.62. The predicted octanol–water partition coefficient (Wildman–Crippen LogP) is 3.69. The molecule has 0 amide bonds. The highest BCUT2D eigenvalue weighted by molar-refractivity contribution is 7.90. The number of hydrogen-bond acceptors (Lipinski definition) is 6. The summed E-state index contributed by atoms with van der Waals surface area (Å²) in [6, 6.07) is 5.61. The first-order chi connectivity index (χ1) is 15.2. The lowest BCUT2D eigenvalue weighted by atomic mass is 9.98. The molecule has 1 saturated heterocycles. The minimum atomic E-state index is -4.94. The molecule has 33 heavy (non-hydrogen) atoms. The van der Waals surface area contributed by atoms with Gasteiger partial charge in [0.15, 0.2) is 15.5 Å². The second-order valence-corrected chi connectivity index (χ2v) is 10.2. The van der Waals surface area contributed by atoms with E-state index < -0.39 is 44.0 Å². The Morgan fingerprint density at radius 3 is 2.39 bits per heavy atom. The van der Waals surface area contributed by atoms with Gasteiger partial charge in [0.1, 0.15) is 16.5 Å². The molecule has 2 heterocycles. The summed E-state index contributed by atoms with van der Waals surface area (Å²) in [4.78, 5) is 18.0. The van der Waals surface area contributed by atoms with E-state index >= 15 is 0 Å². The number of carboxylic acids is 1. The predicted molar refractivity (Wildman–Crippen MR) is 114 cm³/mol. The van der Waals surface area contributed by atoms with E-state index in [4.69, 9.17) is 5.11 Å². The highest BCUT2D eigenvalue weighted by Gasteiger charge is 2.39. The second-order valence-electron chi connectivity index (χ2n) is 8.21. The van der Waals surface area contributed by atoms with Gasteiger partial charge >= 0.3 is 12.1 Å². The summed E-state index contributed by atoms with van der Waals surface area (Å²) in [6.45, 7) is 4.62. The summed E-state index contributed by atoms with van der Waals surface area (Å²) in [5, 5.41) is 9.10. The number of rotatable bonds is 5. The number of hydrogen-bond donors (Lipinski definition) is 1. The van der Waals surface area contributed by atoms with Crippen molar-refractivity contribution in [2.75, 3.05) is 35.7 Å². The molecule has 0 aliphatic carbocycles. The van der Waals surface area contributed by atoms with Crippen LogP contribution in [0.25, 0.3) is 0 Å². The van der Waals surface area contributed by atoms with E-state index in [2.05, 4.69) is 4.98 Å². The Labute approximate surface area is 188 Å². The van der Waals surface area contributed by atoms with Crippen molar-refractivity contribution in [2.24, 2.45) is 5.92 Å². The fourth-order valence-corrected chi connectivity index (χ4v) is 4.63. The monoisotopic (exact) mass is 489 g/mol. The molecule has 1 aliphatic rings. The van der Waals surface area contributed by atoms with Crippen molar-refractivity contribution in [3.8, 4) is 0 Å². The Kier molecular flexibility index (Phi) is 6.60. The smallest absolute Gasteiger partial charge is 0.434 e. The molecule has 1 fully saturated rings. The molecule has 0 spiro atoms. The zero-order chi connectivity index (χ0) is 24.7. The number of carboxylic acid groups (broad SMARTS) is 1. The molecule has 180 valence electrons. The van der Waals surface area contributed by atoms with E-state index in [-0.39, 0.29) is 24.3 Å². The van der Waals surface area contributed by atoms with Crippen LogP contribution in [0, 0.1) is 11.7 Å². The first-order valence-electron chi connectivity index (χ1n) is 10.0. The molecule has 1 aromatic carbocycles. The van der Waals surface area contributed by atoms with E-state index in [0.717, 1.165) is 18.4 Å². The number of nitrogens with zero attached hydrogens (tertiary/aromatic N) is 3. The van der Waals surface area contributed by atoms with Crippen LogP contribution in [0.4, 0.5) is 29.1 Å². The van der Waals surface area contributed by atoms with Crippen LogP contribution in [0.3, 0.4) is 0 Å². The fraction of sp³-hybridized carbons (Fsp3) is 0.429. The molecule has 0 unspecified atom stereocenters. The zero-order valence-corrected chi connectivity index (χ0v) is 18.9. The molecular weight excluding hydrogens is 466 g/mol. The minimum absolute atomic E-state index is 0.00149. The SMILES string of the molecule is CC(C)[C@@H]1CN(c2ccc(F)c(S(C)(=O)=O)c2)CCN1c1ccc(C(=O)O)c(C(F)(F)F)n1. The highest BCUT2D eigenvalue weighted by Crippen LogP contribution is 2.34. The van der Waals surface area contributed by atoms with Crippen LogP contribution in [-0.4, -0.2) is 56.4 Å². The minimum Gasteiger partial charge on any atom is -0.478 e. The third kappa shape index (κ3) is 5.21. The first kappa shape index (κ1) is 24.7. The summed E-state index contributed by atoms with van der Waals surface area (Å²) in [7, 11) is -3.78. The van der Waals surface area contributed by atoms with Gasteiger partial charge in [0.25, 0.3) is 0 Å². The maximum Gasteiger partial charge on any atom is 0.434 e. The van der Waals surface area contributed by atoms with Gasteiger partial charge in [0.05, 0.1) is 11.6 Å². The van der Waals surface area contributed by atoms with Gasteiger partial charge in [0.2, 0.25) is 0 Å². The largest absolute Gasteiger partial charge is 0.478 e. The first-order valence-corrected chi connectivity index (χ1v) is 11.9. The van der Waals surface area contributed by atoms with Gasteiger partial charge in [-0.15, -0.1) is 0 Å². The standard InChI is InChI=1S/C21H23F4N3O4S/c1-12(2)16-11-27(13-4-6-15(22)17(10-13)33(3,31)32)8-9-28(16)18-7-5-14(20(29)30)19(26-18)21(23,24)25/h4-7,10,12,16H,8-9,11H2,1-3H3,(H,29,30)/t16-/m0/s1. The topological polar surface area (TPSA) is 90.8 Å². The Morgan fingerprint density at radius 2 is 1.85 bits per heavy atom. The normalized spacial score (nSPS) is 17.5. The number of benzene rings is 1. The lowest BCUT2D eigenvalue weighted by Gasteiger charge is -2.45. The van der Waals surface area contributed by atoms with Crippen LogP contribution in [-0.2, 0) is 16.0 Å². The van der Waals surface area contributed by atoms with E-state index in [1.54, 1.807) is 4.90 Å². The molecule has 2 aromatic rings. The summed E-state index contributed by atoms with van der Waals surface area (Å²) < 4.78 is 78.0. The van der Waals surface area contributed by atoms with Crippen molar-refractivity contribution in [3.63, 3.8) is 0 Å². The number of piperazine rings is 1. The van der Waals surface area contributed by atoms with Crippen molar-refractivity contribution in [1.82, 2.24) is 4.98 Å². The fourth-order valence-electron chi connectivity index (χ4n) is 3.87. The van der Waals surface area contributed by atoms with Gasteiger partial charge in [-0.1, -0.05) is 13.8 Å². The van der Waals surface area contributed by atoms with Crippen LogP contribution in [0.15, 0.2) is 35.2 Å². The summed E-state index contributed by atoms with van der Waals surface area (Å²) in [5.41, 5.74) is -1.91. The number of aromatic carboxylic acids is 1. The van der Waals surface area contributed by atoms with Gasteiger partial charge in [0, 0.05) is 31.6 Å². The summed E-state index contributed by atoms with van der Waals surface area (Å²) in [6.07, 6.45) is -4.02. The van der Waals surface area contributed by atoms with Gasteiger partial charge < -0.3 is 14.9 Å². The van der Waals surface area contributed by atoms with Gasteiger partial charge in [-0.2, -0.15) is 13.2 Å². The third-order valence-corrected chi connectivity index (χ3v) is 6.65. The van der Waals surface area contributed by atoms with E-state index in [1.165, 1.54) is 18.2 Å². The Bertz CT molecular complexity index is 1170. The van der Waals surface area contributed by atoms with Crippen molar-refractivity contribution in [1.29, 1.82) is 0 Å². The maximum absolute atomic E-state index is 14.0. The van der Waals surface area contributed by atoms with Crippen molar-refractivity contribution >= 4 is 27.3 Å². The molecular formula is C21H23F4N3O4S. The van der Waals surface area contributed by atoms with Crippen LogP contribution in [0.1, 0.15) is 29.9 Å². The number of aromatic nitrogens is 1. The Morgan fingerprint density at radius 1 is 1.18 bits per heavy atom. The van der Waals surface area contributed by atoms with Gasteiger partial charge in [-0.05, 0) is 36.2 Å². The number of sulfone groups is 1. The number of alkyl halides is 3. The van der Waals surface area contributed by atoms with Gasteiger partial charge in [-0.3, -0.25) is 0 Å². The molecule has 12 heteroatoms. The van der Waals surface area contributed by atoms with E-state index in [0.29, 0.717) is 18.8 Å². The van der Waals surface area contributed by atoms with E-state index in [9.17, 15) is 30.8 Å². The van der Waals surface area contributed by atoms with Crippen molar-refractivity contribution in [2.45, 2.75) is 31.0 Å². The molecule has 0 radical (unpaired) electrons. The molecule has 0 saturated carbocycles. The lowest BCUT2D eigenvalue weighted by molar-refractivity contribution is -0.141. The second kappa shape index (κ2) is 8.81. The van der Waals surface area contributed by atoms with Crippen molar-refractivity contribution in [3.05, 3.63) is 47.4 Å².